The third-order valence-corrected chi connectivity index (χ3v) is 3.35. The van der Waals surface area contributed by atoms with Gasteiger partial charge in [-0.2, -0.15) is 0 Å². The van der Waals surface area contributed by atoms with Crippen molar-refractivity contribution in [1.29, 1.82) is 0 Å². The standard InChI is InChI=1S/C11H20BrNO2/c1-2-5-9(12)8-13-11(14)10-6-3-4-7-15-10/h9-10H,2-8H2,1H3,(H,13,14). The van der Waals surface area contributed by atoms with E-state index < -0.39 is 0 Å². The fraction of sp³-hybridized carbons (Fsp3) is 0.909. The van der Waals surface area contributed by atoms with Crippen LogP contribution in [0.5, 0.6) is 0 Å². The topological polar surface area (TPSA) is 38.3 Å². The van der Waals surface area contributed by atoms with Crippen molar-refractivity contribution in [2.75, 3.05) is 13.2 Å². The van der Waals surface area contributed by atoms with Crippen molar-refractivity contribution in [2.24, 2.45) is 0 Å². The summed E-state index contributed by atoms with van der Waals surface area (Å²) in [4.78, 5) is 12.0. The molecular formula is C11H20BrNO2. The maximum atomic E-state index is 11.6. The smallest absolute Gasteiger partial charge is 0.249 e. The molecule has 1 saturated heterocycles. The van der Waals surface area contributed by atoms with Crippen molar-refractivity contribution in [3.8, 4) is 0 Å². The van der Waals surface area contributed by atoms with Crippen LogP contribution in [-0.2, 0) is 9.53 Å². The minimum absolute atomic E-state index is 0.0512. The molecule has 15 heavy (non-hydrogen) atoms. The van der Waals surface area contributed by atoms with E-state index in [0.717, 1.165) is 38.7 Å². The van der Waals surface area contributed by atoms with E-state index >= 15 is 0 Å². The molecule has 1 aliphatic rings. The first-order valence-electron chi connectivity index (χ1n) is 5.77. The number of carbonyl (C=O) groups is 1. The second-order valence-electron chi connectivity index (χ2n) is 3.99. The number of halogens is 1. The number of alkyl halides is 1. The summed E-state index contributed by atoms with van der Waals surface area (Å²) in [5.74, 6) is 0.0512. The quantitative estimate of drug-likeness (QED) is 0.783. The lowest BCUT2D eigenvalue weighted by atomic mass is 10.1. The molecule has 1 fully saturated rings. The minimum atomic E-state index is -0.208. The van der Waals surface area contributed by atoms with Gasteiger partial charge in [-0.05, 0) is 25.7 Å². The highest BCUT2D eigenvalue weighted by Crippen LogP contribution is 2.13. The van der Waals surface area contributed by atoms with Crippen LogP contribution in [0.2, 0.25) is 0 Å². The lowest BCUT2D eigenvalue weighted by Crippen LogP contribution is -2.40. The van der Waals surface area contributed by atoms with E-state index in [1.807, 2.05) is 0 Å². The summed E-state index contributed by atoms with van der Waals surface area (Å²) >= 11 is 3.54. The van der Waals surface area contributed by atoms with E-state index in [1.54, 1.807) is 0 Å². The van der Waals surface area contributed by atoms with Crippen LogP contribution in [0.15, 0.2) is 0 Å². The minimum Gasteiger partial charge on any atom is -0.368 e. The van der Waals surface area contributed by atoms with Crippen molar-refractivity contribution in [3.05, 3.63) is 0 Å². The lowest BCUT2D eigenvalue weighted by molar-refractivity contribution is -0.135. The van der Waals surface area contributed by atoms with Crippen LogP contribution in [0.25, 0.3) is 0 Å². The first kappa shape index (κ1) is 13.0. The molecule has 0 aromatic carbocycles. The number of nitrogens with one attached hydrogen (secondary N) is 1. The zero-order valence-electron chi connectivity index (χ0n) is 9.30. The van der Waals surface area contributed by atoms with Gasteiger partial charge in [0.2, 0.25) is 5.91 Å². The van der Waals surface area contributed by atoms with Crippen LogP contribution >= 0.6 is 15.9 Å². The molecule has 2 unspecified atom stereocenters. The van der Waals surface area contributed by atoms with Crippen molar-refractivity contribution < 1.29 is 9.53 Å². The number of carbonyl (C=O) groups excluding carboxylic acids is 1. The maximum Gasteiger partial charge on any atom is 0.249 e. The fourth-order valence-corrected chi connectivity index (χ4v) is 2.31. The van der Waals surface area contributed by atoms with Crippen molar-refractivity contribution in [1.82, 2.24) is 5.32 Å². The molecule has 1 aliphatic heterocycles. The second kappa shape index (κ2) is 7.23. The van der Waals surface area contributed by atoms with Crippen molar-refractivity contribution in [2.45, 2.75) is 50.0 Å². The Hall–Kier alpha value is -0.0900. The third kappa shape index (κ3) is 4.98. The van der Waals surface area contributed by atoms with E-state index in [0.29, 0.717) is 11.4 Å². The van der Waals surface area contributed by atoms with Crippen LogP contribution in [0.3, 0.4) is 0 Å². The van der Waals surface area contributed by atoms with Crippen LogP contribution in [0.4, 0.5) is 0 Å². The highest BCUT2D eigenvalue weighted by molar-refractivity contribution is 9.09. The molecule has 3 nitrogen and oxygen atoms in total. The lowest BCUT2D eigenvalue weighted by Gasteiger charge is -2.22. The van der Waals surface area contributed by atoms with Gasteiger partial charge in [0.15, 0.2) is 0 Å². The SMILES string of the molecule is CCCC(Br)CNC(=O)C1CCCCO1. The van der Waals surface area contributed by atoms with E-state index in [4.69, 9.17) is 4.74 Å². The van der Waals surface area contributed by atoms with Gasteiger partial charge < -0.3 is 10.1 Å². The fourth-order valence-electron chi connectivity index (χ4n) is 1.69. The second-order valence-corrected chi connectivity index (χ2v) is 5.28. The maximum absolute atomic E-state index is 11.6. The summed E-state index contributed by atoms with van der Waals surface area (Å²) in [6.45, 7) is 3.57. The molecule has 2 atom stereocenters. The van der Waals surface area contributed by atoms with Gasteiger partial charge in [-0.1, -0.05) is 29.3 Å². The number of rotatable bonds is 5. The first-order valence-corrected chi connectivity index (χ1v) is 6.69. The Kier molecular flexibility index (Phi) is 6.25. The Morgan fingerprint density at radius 2 is 2.40 bits per heavy atom. The molecule has 1 N–H and O–H groups in total. The Morgan fingerprint density at radius 1 is 1.60 bits per heavy atom. The third-order valence-electron chi connectivity index (χ3n) is 2.57. The van der Waals surface area contributed by atoms with Crippen molar-refractivity contribution in [3.63, 3.8) is 0 Å². The predicted octanol–water partition coefficient (Wildman–Crippen LogP) is 2.24. The summed E-state index contributed by atoms with van der Waals surface area (Å²) in [5.41, 5.74) is 0. The Bertz CT molecular complexity index is 193. The van der Waals surface area contributed by atoms with Gasteiger partial charge in [-0.15, -0.1) is 0 Å². The molecule has 0 spiro atoms. The molecule has 0 aromatic heterocycles. The van der Waals surface area contributed by atoms with E-state index in [9.17, 15) is 4.79 Å². The number of hydrogen-bond donors (Lipinski definition) is 1. The first-order chi connectivity index (χ1) is 7.24. The van der Waals surface area contributed by atoms with Gasteiger partial charge in [0.1, 0.15) is 6.10 Å². The Morgan fingerprint density at radius 3 is 3.00 bits per heavy atom. The van der Waals surface area contributed by atoms with Crippen LogP contribution in [-0.4, -0.2) is 30.0 Å². The van der Waals surface area contributed by atoms with Crippen molar-refractivity contribution >= 4 is 21.8 Å². The van der Waals surface area contributed by atoms with Gasteiger partial charge in [-0.3, -0.25) is 4.79 Å². The Labute approximate surface area is 100 Å². The molecule has 1 rings (SSSR count). The average Bonchev–Trinajstić information content (AvgIpc) is 2.27. The largest absolute Gasteiger partial charge is 0.368 e. The summed E-state index contributed by atoms with van der Waals surface area (Å²) in [6.07, 6.45) is 5.07. The Balaban J connectivity index is 2.16. The highest BCUT2D eigenvalue weighted by atomic mass is 79.9. The van der Waals surface area contributed by atoms with E-state index in [1.165, 1.54) is 0 Å². The molecule has 4 heteroatoms. The molecule has 88 valence electrons. The van der Waals surface area contributed by atoms with Gasteiger partial charge >= 0.3 is 0 Å². The van der Waals surface area contributed by atoms with Gasteiger partial charge in [-0.25, -0.2) is 0 Å². The number of hydrogen-bond acceptors (Lipinski definition) is 2. The average molecular weight is 278 g/mol. The summed E-state index contributed by atoms with van der Waals surface area (Å²) < 4.78 is 5.40. The molecule has 1 amide bonds. The number of amides is 1. The van der Waals surface area contributed by atoms with E-state index in [2.05, 4.69) is 28.2 Å². The molecule has 1 heterocycles. The molecule has 0 aliphatic carbocycles. The monoisotopic (exact) mass is 277 g/mol. The van der Waals surface area contributed by atoms with Gasteiger partial charge in [0, 0.05) is 18.0 Å². The van der Waals surface area contributed by atoms with Crippen LogP contribution < -0.4 is 5.32 Å². The molecular weight excluding hydrogens is 258 g/mol. The zero-order chi connectivity index (χ0) is 11.1. The zero-order valence-corrected chi connectivity index (χ0v) is 10.9. The van der Waals surface area contributed by atoms with Crippen LogP contribution in [0.1, 0.15) is 39.0 Å². The van der Waals surface area contributed by atoms with Gasteiger partial charge in [0.25, 0.3) is 0 Å². The summed E-state index contributed by atoms with van der Waals surface area (Å²) in [6, 6.07) is 0. The molecule has 0 saturated carbocycles. The molecule has 0 aromatic rings. The highest BCUT2D eigenvalue weighted by Gasteiger charge is 2.21. The molecule has 0 radical (unpaired) electrons. The summed E-state index contributed by atoms with van der Waals surface area (Å²) in [7, 11) is 0. The predicted molar refractivity (Wildman–Crippen MR) is 64.2 cm³/mol. The summed E-state index contributed by atoms with van der Waals surface area (Å²) in [5, 5.41) is 2.93. The normalized spacial score (nSPS) is 23.5. The van der Waals surface area contributed by atoms with Crippen LogP contribution in [0, 0.1) is 0 Å². The van der Waals surface area contributed by atoms with E-state index in [-0.39, 0.29) is 12.0 Å². The molecule has 0 bridgehead atoms. The number of ether oxygens (including phenoxy) is 1. The van der Waals surface area contributed by atoms with Gasteiger partial charge in [0.05, 0.1) is 0 Å².